The van der Waals surface area contributed by atoms with Crippen LogP contribution in [0.2, 0.25) is 0 Å². The van der Waals surface area contributed by atoms with Gasteiger partial charge in [0.05, 0.1) is 13.2 Å². The highest BCUT2D eigenvalue weighted by atomic mass is 16.5. The molecule has 0 bridgehead atoms. The molecule has 0 radical (unpaired) electrons. The van der Waals surface area contributed by atoms with Crippen LogP contribution >= 0.6 is 0 Å². The molecule has 2 aromatic rings. The predicted octanol–water partition coefficient (Wildman–Crippen LogP) is 1.75. The van der Waals surface area contributed by atoms with E-state index in [1.165, 1.54) is 0 Å². The molecule has 29 heavy (non-hydrogen) atoms. The summed E-state index contributed by atoms with van der Waals surface area (Å²) in [6, 6.07) is 16.9. The van der Waals surface area contributed by atoms with Gasteiger partial charge in [0.2, 0.25) is 17.7 Å². The highest BCUT2D eigenvalue weighted by Gasteiger charge is 2.35. The first-order valence-corrected chi connectivity index (χ1v) is 9.54. The fourth-order valence-corrected chi connectivity index (χ4v) is 3.53. The van der Waals surface area contributed by atoms with Crippen LogP contribution in [0.15, 0.2) is 54.6 Å². The maximum atomic E-state index is 12.8. The number of nitrogens with two attached hydrogens (primary N) is 1. The number of carbonyl (C=O) groups excluding carboxylic acids is 3. The highest BCUT2D eigenvalue weighted by molar-refractivity contribution is 5.98. The van der Waals surface area contributed by atoms with Crippen molar-refractivity contribution in [1.82, 2.24) is 4.90 Å². The largest absolute Gasteiger partial charge is 0.497 e. The third-order valence-electron chi connectivity index (χ3n) is 5.03. The van der Waals surface area contributed by atoms with Crippen LogP contribution in [0.25, 0.3) is 0 Å². The summed E-state index contributed by atoms with van der Waals surface area (Å²) in [5, 5.41) is 0. The molecule has 7 nitrogen and oxygen atoms in total. The van der Waals surface area contributed by atoms with Crippen molar-refractivity contribution in [2.45, 2.75) is 25.3 Å². The van der Waals surface area contributed by atoms with E-state index >= 15 is 0 Å². The van der Waals surface area contributed by atoms with E-state index in [2.05, 4.69) is 0 Å². The van der Waals surface area contributed by atoms with Gasteiger partial charge in [-0.2, -0.15) is 0 Å². The van der Waals surface area contributed by atoms with E-state index in [1.54, 1.807) is 16.9 Å². The van der Waals surface area contributed by atoms with Crippen molar-refractivity contribution in [3.8, 4) is 5.75 Å². The number of ether oxygens (including phenoxy) is 1. The summed E-state index contributed by atoms with van der Waals surface area (Å²) in [6.45, 7) is 0.329. The molecule has 1 saturated heterocycles. The Labute approximate surface area is 170 Å². The van der Waals surface area contributed by atoms with E-state index in [1.807, 2.05) is 54.6 Å². The second kappa shape index (κ2) is 9.23. The Morgan fingerprint density at radius 3 is 2.55 bits per heavy atom. The molecule has 1 aliphatic rings. The zero-order valence-corrected chi connectivity index (χ0v) is 16.4. The molecule has 0 spiro atoms. The lowest BCUT2D eigenvalue weighted by Crippen LogP contribution is -2.59. The minimum atomic E-state index is -0.528. The lowest BCUT2D eigenvalue weighted by atomic mass is 10.0. The Bertz CT molecular complexity index is 885. The van der Waals surface area contributed by atoms with Crippen molar-refractivity contribution in [1.29, 1.82) is 0 Å². The van der Waals surface area contributed by atoms with E-state index in [-0.39, 0.29) is 37.2 Å². The van der Waals surface area contributed by atoms with Gasteiger partial charge in [-0.3, -0.25) is 14.4 Å². The molecule has 1 fully saturated rings. The number of anilines is 1. The maximum Gasteiger partial charge on any atom is 0.246 e. The van der Waals surface area contributed by atoms with Crippen molar-refractivity contribution in [3.05, 3.63) is 60.2 Å². The smallest absolute Gasteiger partial charge is 0.246 e. The minimum Gasteiger partial charge on any atom is -0.497 e. The molecule has 0 aromatic heterocycles. The molecule has 0 aliphatic carbocycles. The van der Waals surface area contributed by atoms with E-state index in [9.17, 15) is 14.4 Å². The van der Waals surface area contributed by atoms with Gasteiger partial charge in [0.1, 0.15) is 12.3 Å². The number of hydrogen-bond donors (Lipinski definition) is 1. The van der Waals surface area contributed by atoms with Crippen LogP contribution in [0.5, 0.6) is 5.75 Å². The number of piperazine rings is 1. The Kier molecular flexibility index (Phi) is 6.49. The van der Waals surface area contributed by atoms with Gasteiger partial charge >= 0.3 is 0 Å². The third-order valence-corrected chi connectivity index (χ3v) is 5.03. The molecule has 0 saturated carbocycles. The number of benzene rings is 2. The first kappa shape index (κ1) is 20.4. The predicted molar refractivity (Wildman–Crippen MR) is 109 cm³/mol. The van der Waals surface area contributed by atoms with Crippen LogP contribution in [0.1, 0.15) is 18.4 Å². The number of primary amides is 1. The van der Waals surface area contributed by atoms with Crippen LogP contribution in [0.3, 0.4) is 0 Å². The van der Waals surface area contributed by atoms with Crippen LogP contribution in [0, 0.1) is 0 Å². The molecule has 1 unspecified atom stereocenters. The summed E-state index contributed by atoms with van der Waals surface area (Å²) >= 11 is 0. The zero-order valence-electron chi connectivity index (χ0n) is 16.4. The number of rotatable bonds is 7. The van der Waals surface area contributed by atoms with Gasteiger partial charge in [-0.25, -0.2) is 0 Å². The Hall–Kier alpha value is -3.35. The Morgan fingerprint density at radius 1 is 1.10 bits per heavy atom. The highest BCUT2D eigenvalue weighted by Crippen LogP contribution is 2.26. The molecule has 7 heteroatoms. The second-order valence-electron chi connectivity index (χ2n) is 7.04. The van der Waals surface area contributed by atoms with Crippen LogP contribution in [0.4, 0.5) is 5.69 Å². The summed E-state index contributed by atoms with van der Waals surface area (Å²) in [5.74, 6) is -0.271. The Morgan fingerprint density at radius 2 is 1.86 bits per heavy atom. The monoisotopic (exact) mass is 395 g/mol. The number of amides is 3. The molecular formula is C22H25N3O4. The molecule has 2 N–H and O–H groups in total. The van der Waals surface area contributed by atoms with E-state index in [0.717, 1.165) is 11.3 Å². The summed E-state index contributed by atoms with van der Waals surface area (Å²) < 4.78 is 5.27. The van der Waals surface area contributed by atoms with Gasteiger partial charge < -0.3 is 20.3 Å². The summed E-state index contributed by atoms with van der Waals surface area (Å²) in [6.07, 6.45) is 0.588. The summed E-state index contributed by atoms with van der Waals surface area (Å²) in [7, 11) is 1.58. The molecule has 3 amide bonds. The topological polar surface area (TPSA) is 92.9 Å². The molecule has 1 heterocycles. The van der Waals surface area contributed by atoms with Gasteiger partial charge in [-0.1, -0.05) is 36.4 Å². The number of nitrogens with zero attached hydrogens (tertiary/aromatic N) is 2. The van der Waals surface area contributed by atoms with Gasteiger partial charge in [0, 0.05) is 31.1 Å². The number of hydrogen-bond acceptors (Lipinski definition) is 4. The molecule has 3 rings (SSSR count). The van der Waals surface area contributed by atoms with Crippen molar-refractivity contribution < 1.29 is 19.1 Å². The van der Waals surface area contributed by atoms with E-state index in [4.69, 9.17) is 10.5 Å². The number of methoxy groups -OCH3 is 1. The van der Waals surface area contributed by atoms with Crippen molar-refractivity contribution in [2.75, 3.05) is 25.1 Å². The molecule has 2 aromatic carbocycles. The fraction of sp³-hybridized carbons (Fsp3) is 0.318. The van der Waals surface area contributed by atoms with Crippen LogP contribution in [-0.2, 0) is 20.8 Å². The zero-order chi connectivity index (χ0) is 20.8. The standard InChI is InChI=1S/C22H25N3O4/c1-29-19-9-5-8-17(13-19)24-14-18(12-16-6-3-2-4-7-16)25(15-22(24)28)21(27)11-10-20(23)26/h2-9,13,18H,10-12,14-15H2,1H3,(H2,23,26). The molecule has 152 valence electrons. The van der Waals surface area contributed by atoms with Crippen LogP contribution < -0.4 is 15.4 Å². The minimum absolute atomic E-state index is 0.00701. The molecule has 1 atom stereocenters. The molecular weight excluding hydrogens is 370 g/mol. The lowest BCUT2D eigenvalue weighted by Gasteiger charge is -2.41. The van der Waals surface area contributed by atoms with Crippen molar-refractivity contribution in [3.63, 3.8) is 0 Å². The lowest BCUT2D eigenvalue weighted by molar-refractivity contribution is -0.140. The fourth-order valence-electron chi connectivity index (χ4n) is 3.53. The summed E-state index contributed by atoms with van der Waals surface area (Å²) in [4.78, 5) is 39.9. The van der Waals surface area contributed by atoms with E-state index < -0.39 is 5.91 Å². The third kappa shape index (κ3) is 5.13. The Balaban J connectivity index is 1.84. The van der Waals surface area contributed by atoms with Crippen LogP contribution in [-0.4, -0.2) is 48.9 Å². The molecule has 1 aliphatic heterocycles. The van der Waals surface area contributed by atoms with Gasteiger partial charge in [-0.05, 0) is 24.1 Å². The number of carbonyl (C=O) groups is 3. The normalized spacial score (nSPS) is 16.6. The van der Waals surface area contributed by atoms with Gasteiger partial charge in [0.25, 0.3) is 0 Å². The van der Waals surface area contributed by atoms with Gasteiger partial charge in [0.15, 0.2) is 0 Å². The quantitative estimate of drug-likeness (QED) is 0.773. The SMILES string of the molecule is COc1cccc(N2CC(Cc3ccccc3)N(C(=O)CCC(N)=O)CC2=O)c1. The average Bonchev–Trinajstić information content (AvgIpc) is 2.73. The first-order chi connectivity index (χ1) is 14.0. The van der Waals surface area contributed by atoms with Gasteiger partial charge in [-0.15, -0.1) is 0 Å². The van der Waals surface area contributed by atoms with Crippen molar-refractivity contribution >= 4 is 23.4 Å². The maximum absolute atomic E-state index is 12.8. The average molecular weight is 395 g/mol. The summed E-state index contributed by atoms with van der Waals surface area (Å²) in [5.41, 5.74) is 6.99. The van der Waals surface area contributed by atoms with E-state index in [0.29, 0.717) is 18.7 Å². The second-order valence-corrected chi connectivity index (χ2v) is 7.04. The van der Waals surface area contributed by atoms with Crippen molar-refractivity contribution in [2.24, 2.45) is 5.73 Å². The first-order valence-electron chi connectivity index (χ1n) is 9.54.